The monoisotopic (exact) mass is 304 g/mol. The molecule has 2 aromatic rings. The number of thioether (sulfide) groups is 1. The Morgan fingerprint density at radius 3 is 2.85 bits per heavy atom. The van der Waals surface area contributed by atoms with Gasteiger partial charge in [-0.15, -0.1) is 0 Å². The topological polar surface area (TPSA) is 78.7 Å². The van der Waals surface area contributed by atoms with Crippen LogP contribution in [0, 0.1) is 11.3 Å². The van der Waals surface area contributed by atoms with E-state index in [-0.39, 0.29) is 16.8 Å². The number of nitrogens with zero attached hydrogens (tertiary/aromatic N) is 3. The van der Waals surface area contributed by atoms with Gasteiger partial charge in [0, 0.05) is 12.4 Å². The van der Waals surface area contributed by atoms with Crippen molar-refractivity contribution in [1.29, 1.82) is 5.26 Å². The van der Waals surface area contributed by atoms with E-state index in [0.29, 0.717) is 16.3 Å². The highest BCUT2D eigenvalue weighted by Gasteiger charge is 2.09. The van der Waals surface area contributed by atoms with Gasteiger partial charge in [-0.05, 0) is 24.3 Å². The molecule has 0 aliphatic carbocycles. The van der Waals surface area contributed by atoms with Crippen molar-refractivity contribution in [2.45, 2.75) is 5.03 Å². The molecule has 2 aromatic heterocycles. The van der Waals surface area contributed by atoms with Gasteiger partial charge in [-0.2, -0.15) is 5.26 Å². The molecule has 0 spiro atoms. The Labute approximate surface area is 125 Å². The molecule has 100 valence electrons. The van der Waals surface area contributed by atoms with Crippen LogP contribution in [0.3, 0.4) is 0 Å². The standard InChI is InChI=1S/C13H9ClN4OS/c14-12-10(4-2-5-16-12)18-11(19)8-20-13-9(7-15)3-1-6-17-13/h1-6H,8H2,(H,18,19). The van der Waals surface area contributed by atoms with Gasteiger partial charge in [0.1, 0.15) is 11.1 Å². The zero-order chi connectivity index (χ0) is 14.4. The average Bonchev–Trinajstić information content (AvgIpc) is 2.48. The number of halogens is 1. The van der Waals surface area contributed by atoms with E-state index in [4.69, 9.17) is 16.9 Å². The molecule has 0 aliphatic rings. The third kappa shape index (κ3) is 3.70. The lowest BCUT2D eigenvalue weighted by Gasteiger charge is -2.06. The van der Waals surface area contributed by atoms with Crippen LogP contribution >= 0.6 is 23.4 Å². The molecule has 0 fully saturated rings. The summed E-state index contributed by atoms with van der Waals surface area (Å²) in [5, 5.41) is 12.3. The molecule has 0 bridgehead atoms. The normalized spacial score (nSPS) is 9.80. The molecule has 1 N–H and O–H groups in total. The minimum atomic E-state index is -0.237. The smallest absolute Gasteiger partial charge is 0.234 e. The predicted molar refractivity (Wildman–Crippen MR) is 77.6 cm³/mol. The molecular formula is C13H9ClN4OS. The van der Waals surface area contributed by atoms with Crippen LogP contribution < -0.4 is 5.32 Å². The number of anilines is 1. The van der Waals surface area contributed by atoms with Gasteiger partial charge in [0.25, 0.3) is 0 Å². The molecule has 0 saturated heterocycles. The Balaban J connectivity index is 1.96. The lowest BCUT2D eigenvalue weighted by atomic mass is 10.3. The van der Waals surface area contributed by atoms with Gasteiger partial charge in [0.05, 0.1) is 17.0 Å². The number of nitrogens with one attached hydrogen (secondary N) is 1. The Morgan fingerprint density at radius 2 is 2.10 bits per heavy atom. The first kappa shape index (κ1) is 14.3. The number of nitriles is 1. The summed E-state index contributed by atoms with van der Waals surface area (Å²) in [5.74, 6) is -0.101. The Kier molecular flexibility index (Phi) is 4.93. The molecule has 0 atom stereocenters. The van der Waals surface area contributed by atoms with E-state index in [1.807, 2.05) is 6.07 Å². The lowest BCUT2D eigenvalue weighted by molar-refractivity contribution is -0.113. The largest absolute Gasteiger partial charge is 0.323 e. The molecule has 0 unspecified atom stereocenters. The third-order valence-corrected chi connectivity index (χ3v) is 3.57. The summed E-state index contributed by atoms with van der Waals surface area (Å²) in [5.41, 5.74) is 0.908. The maximum absolute atomic E-state index is 11.8. The summed E-state index contributed by atoms with van der Waals surface area (Å²) in [6.45, 7) is 0. The van der Waals surface area contributed by atoms with Crippen LogP contribution in [0.5, 0.6) is 0 Å². The second-order valence-electron chi connectivity index (χ2n) is 3.65. The van der Waals surface area contributed by atoms with Crippen molar-refractivity contribution in [3.63, 3.8) is 0 Å². The molecule has 1 amide bonds. The second-order valence-corrected chi connectivity index (χ2v) is 4.97. The number of rotatable bonds is 4. The van der Waals surface area contributed by atoms with Crippen molar-refractivity contribution in [1.82, 2.24) is 9.97 Å². The van der Waals surface area contributed by atoms with Gasteiger partial charge in [-0.25, -0.2) is 9.97 Å². The first-order valence-corrected chi connectivity index (χ1v) is 6.95. The minimum Gasteiger partial charge on any atom is -0.323 e. The molecule has 0 aliphatic heterocycles. The maximum Gasteiger partial charge on any atom is 0.234 e. The van der Waals surface area contributed by atoms with Gasteiger partial charge < -0.3 is 5.32 Å². The minimum absolute atomic E-state index is 0.136. The Bertz CT molecular complexity index is 671. The number of hydrogen-bond acceptors (Lipinski definition) is 5. The van der Waals surface area contributed by atoms with E-state index in [9.17, 15) is 4.79 Å². The Hall–Kier alpha value is -2.10. The van der Waals surface area contributed by atoms with Gasteiger partial charge in [0.2, 0.25) is 5.91 Å². The number of amides is 1. The van der Waals surface area contributed by atoms with E-state index in [1.54, 1.807) is 36.7 Å². The Morgan fingerprint density at radius 1 is 1.35 bits per heavy atom. The highest BCUT2D eigenvalue weighted by molar-refractivity contribution is 8.00. The first-order valence-electron chi connectivity index (χ1n) is 5.59. The third-order valence-electron chi connectivity index (χ3n) is 2.26. The van der Waals surface area contributed by atoms with Crippen LogP contribution in [0.4, 0.5) is 5.69 Å². The number of hydrogen-bond donors (Lipinski definition) is 1. The van der Waals surface area contributed by atoms with E-state index in [1.165, 1.54) is 11.8 Å². The summed E-state index contributed by atoms with van der Waals surface area (Å²) in [4.78, 5) is 19.7. The molecule has 20 heavy (non-hydrogen) atoms. The molecule has 0 aromatic carbocycles. The van der Waals surface area contributed by atoms with Gasteiger partial charge >= 0.3 is 0 Å². The molecule has 0 saturated carbocycles. The SMILES string of the molecule is N#Cc1cccnc1SCC(=O)Nc1cccnc1Cl. The van der Waals surface area contributed by atoms with Crippen molar-refractivity contribution in [2.75, 3.05) is 11.1 Å². The van der Waals surface area contributed by atoms with Crippen LogP contribution in [-0.4, -0.2) is 21.6 Å². The number of pyridine rings is 2. The first-order chi connectivity index (χ1) is 9.70. The van der Waals surface area contributed by atoms with Crippen molar-refractivity contribution >= 4 is 35.0 Å². The number of carbonyl (C=O) groups excluding carboxylic acids is 1. The van der Waals surface area contributed by atoms with Crippen LogP contribution in [0.1, 0.15) is 5.56 Å². The molecular weight excluding hydrogens is 296 g/mol. The van der Waals surface area contributed by atoms with Crippen molar-refractivity contribution in [2.24, 2.45) is 0 Å². The van der Waals surface area contributed by atoms with Crippen LogP contribution in [-0.2, 0) is 4.79 Å². The maximum atomic E-state index is 11.8. The van der Waals surface area contributed by atoms with Gasteiger partial charge in [-0.1, -0.05) is 23.4 Å². The van der Waals surface area contributed by atoms with E-state index in [2.05, 4.69) is 15.3 Å². The van der Waals surface area contributed by atoms with Gasteiger partial charge in [-0.3, -0.25) is 4.79 Å². The fraction of sp³-hybridized carbons (Fsp3) is 0.0769. The van der Waals surface area contributed by atoms with Crippen LogP contribution in [0.2, 0.25) is 5.15 Å². The average molecular weight is 305 g/mol. The zero-order valence-electron chi connectivity index (χ0n) is 10.2. The van der Waals surface area contributed by atoms with Crippen LogP contribution in [0.25, 0.3) is 0 Å². The molecule has 0 radical (unpaired) electrons. The second kappa shape index (κ2) is 6.89. The summed E-state index contributed by atoms with van der Waals surface area (Å²) >= 11 is 7.04. The van der Waals surface area contributed by atoms with Gasteiger partial charge in [0.15, 0.2) is 5.15 Å². The van der Waals surface area contributed by atoms with Crippen molar-refractivity contribution in [3.05, 3.63) is 47.4 Å². The fourth-order valence-corrected chi connectivity index (χ4v) is 2.30. The van der Waals surface area contributed by atoms with Crippen molar-refractivity contribution in [3.8, 4) is 6.07 Å². The lowest BCUT2D eigenvalue weighted by Crippen LogP contribution is -2.14. The quantitative estimate of drug-likeness (QED) is 0.694. The summed E-state index contributed by atoms with van der Waals surface area (Å²) in [6, 6.07) is 8.72. The molecule has 7 heteroatoms. The number of carbonyl (C=O) groups is 1. The summed E-state index contributed by atoms with van der Waals surface area (Å²) in [6.07, 6.45) is 3.12. The van der Waals surface area contributed by atoms with Crippen LogP contribution in [0.15, 0.2) is 41.7 Å². The van der Waals surface area contributed by atoms with E-state index >= 15 is 0 Å². The molecule has 5 nitrogen and oxygen atoms in total. The highest BCUT2D eigenvalue weighted by atomic mass is 35.5. The summed E-state index contributed by atoms with van der Waals surface area (Å²) < 4.78 is 0. The highest BCUT2D eigenvalue weighted by Crippen LogP contribution is 2.21. The zero-order valence-corrected chi connectivity index (χ0v) is 11.8. The molecule has 2 heterocycles. The summed E-state index contributed by atoms with van der Waals surface area (Å²) in [7, 11) is 0. The number of aromatic nitrogens is 2. The molecule has 2 rings (SSSR count). The van der Waals surface area contributed by atoms with E-state index < -0.39 is 0 Å². The fourth-order valence-electron chi connectivity index (χ4n) is 1.39. The van der Waals surface area contributed by atoms with Crippen molar-refractivity contribution < 1.29 is 4.79 Å². The van der Waals surface area contributed by atoms with E-state index in [0.717, 1.165) is 0 Å². The predicted octanol–water partition coefficient (Wildman–Crippen LogP) is 2.73.